The Balaban J connectivity index is 1.58. The molecule has 1 unspecified atom stereocenters. The summed E-state index contributed by atoms with van der Waals surface area (Å²) in [6.45, 7) is 5.56. The Morgan fingerprint density at radius 3 is 2.69 bits per heavy atom. The Labute approximate surface area is 167 Å². The number of benzene rings is 1. The van der Waals surface area contributed by atoms with E-state index in [0.29, 0.717) is 11.4 Å². The predicted molar refractivity (Wildman–Crippen MR) is 106 cm³/mol. The molecular formula is C19H22N6O4. The van der Waals surface area contributed by atoms with Gasteiger partial charge in [-0.15, -0.1) is 0 Å². The molecule has 0 saturated heterocycles. The van der Waals surface area contributed by atoms with E-state index in [1.165, 1.54) is 22.5 Å². The minimum atomic E-state index is -0.722. The molecule has 0 aliphatic heterocycles. The molecule has 1 aromatic carbocycles. The van der Waals surface area contributed by atoms with E-state index in [4.69, 9.17) is 4.74 Å². The lowest BCUT2D eigenvalue weighted by Crippen LogP contribution is -2.25. The number of amides is 1. The van der Waals surface area contributed by atoms with Crippen LogP contribution >= 0.6 is 0 Å². The number of nitrogens with one attached hydrogen (secondary N) is 1. The quantitative estimate of drug-likeness (QED) is 0.460. The summed E-state index contributed by atoms with van der Waals surface area (Å²) in [5.41, 5.74) is 2.25. The first-order valence-corrected chi connectivity index (χ1v) is 9.13. The zero-order valence-corrected chi connectivity index (χ0v) is 16.4. The van der Waals surface area contributed by atoms with Crippen molar-refractivity contribution in [1.82, 2.24) is 19.6 Å². The number of rotatable bonds is 8. The molecule has 1 N–H and O–H groups in total. The molecule has 10 nitrogen and oxygen atoms in total. The molecule has 2 heterocycles. The number of ether oxygens (including phenoxy) is 1. The van der Waals surface area contributed by atoms with Crippen molar-refractivity contribution < 1.29 is 14.5 Å². The first-order chi connectivity index (χ1) is 13.9. The molecule has 1 atom stereocenters. The van der Waals surface area contributed by atoms with Crippen molar-refractivity contribution in [3.8, 4) is 5.75 Å². The second-order valence-electron chi connectivity index (χ2n) is 6.55. The van der Waals surface area contributed by atoms with Gasteiger partial charge in [0.05, 0.1) is 34.9 Å². The summed E-state index contributed by atoms with van der Waals surface area (Å²) in [7, 11) is 0. The van der Waals surface area contributed by atoms with E-state index in [2.05, 4.69) is 22.4 Å². The summed E-state index contributed by atoms with van der Waals surface area (Å²) < 4.78 is 8.55. The van der Waals surface area contributed by atoms with Gasteiger partial charge in [0.2, 0.25) is 0 Å². The zero-order chi connectivity index (χ0) is 21.0. The van der Waals surface area contributed by atoms with Crippen LogP contribution < -0.4 is 10.1 Å². The Morgan fingerprint density at radius 1 is 1.34 bits per heavy atom. The Bertz CT molecular complexity index is 1010. The molecule has 29 heavy (non-hydrogen) atoms. The van der Waals surface area contributed by atoms with Crippen molar-refractivity contribution in [1.29, 1.82) is 0 Å². The normalized spacial score (nSPS) is 11.8. The van der Waals surface area contributed by atoms with Crippen LogP contribution in [0.3, 0.4) is 0 Å². The molecule has 0 spiro atoms. The average Bonchev–Trinajstić information content (AvgIpc) is 3.32. The van der Waals surface area contributed by atoms with Gasteiger partial charge >= 0.3 is 5.82 Å². The minimum Gasteiger partial charge on any atom is -0.471 e. The van der Waals surface area contributed by atoms with Crippen LogP contribution in [0.15, 0.2) is 42.7 Å². The van der Waals surface area contributed by atoms with Gasteiger partial charge in [0.1, 0.15) is 11.8 Å². The molecule has 2 aromatic heterocycles. The van der Waals surface area contributed by atoms with Crippen LogP contribution in [-0.2, 0) is 17.9 Å². The molecule has 0 bridgehead atoms. The maximum atomic E-state index is 12.5. The Morgan fingerprint density at radius 2 is 2.07 bits per heavy atom. The zero-order valence-electron chi connectivity index (χ0n) is 16.4. The molecule has 0 aliphatic rings. The van der Waals surface area contributed by atoms with Crippen LogP contribution in [0, 0.1) is 17.0 Å². The number of carbonyl (C=O) groups excluding carboxylic acids is 1. The van der Waals surface area contributed by atoms with Crippen LogP contribution in [0.25, 0.3) is 0 Å². The fourth-order valence-corrected chi connectivity index (χ4v) is 2.77. The third-order valence-electron chi connectivity index (χ3n) is 4.44. The fraction of sp³-hybridized carbons (Fsp3) is 0.316. The summed E-state index contributed by atoms with van der Waals surface area (Å²) >= 11 is 0. The largest absolute Gasteiger partial charge is 0.471 e. The van der Waals surface area contributed by atoms with Crippen LogP contribution in [0.5, 0.6) is 5.75 Å². The van der Waals surface area contributed by atoms with Gasteiger partial charge in [-0.2, -0.15) is 9.78 Å². The number of carbonyl (C=O) groups is 1. The summed E-state index contributed by atoms with van der Waals surface area (Å²) in [6, 6.07) is 8.42. The third-order valence-corrected chi connectivity index (χ3v) is 4.44. The Kier molecular flexibility index (Phi) is 5.91. The number of anilines is 1. The smallest absolute Gasteiger partial charge is 0.390 e. The van der Waals surface area contributed by atoms with Crippen molar-refractivity contribution in [3.63, 3.8) is 0 Å². The molecular weight excluding hydrogens is 376 g/mol. The van der Waals surface area contributed by atoms with E-state index in [1.807, 2.05) is 24.3 Å². The molecule has 0 radical (unpaired) electrons. The van der Waals surface area contributed by atoms with Gasteiger partial charge < -0.3 is 20.2 Å². The molecule has 1 amide bonds. The highest BCUT2D eigenvalue weighted by atomic mass is 16.6. The van der Waals surface area contributed by atoms with E-state index in [1.54, 1.807) is 24.7 Å². The fourth-order valence-electron chi connectivity index (χ4n) is 2.77. The lowest BCUT2D eigenvalue weighted by Gasteiger charge is -2.10. The highest BCUT2D eigenvalue weighted by Gasteiger charge is 2.24. The Hall–Kier alpha value is -3.69. The maximum Gasteiger partial charge on any atom is 0.390 e. The van der Waals surface area contributed by atoms with Gasteiger partial charge in [-0.3, -0.25) is 4.79 Å². The lowest BCUT2D eigenvalue weighted by molar-refractivity contribution is -0.389. The standard InChI is InChI=1S/C19H22N6O4/c1-4-15-5-7-17(8-6-15)29-12-23-11-16(10-20-23)21-19(26)14(3)24-13(2)9-18(22-24)25(27)28/h5-11,14H,4,12H2,1-3H3,(H,21,26). The topological polar surface area (TPSA) is 117 Å². The van der Waals surface area contributed by atoms with E-state index >= 15 is 0 Å². The maximum absolute atomic E-state index is 12.5. The number of nitrogens with zero attached hydrogens (tertiary/aromatic N) is 5. The van der Waals surface area contributed by atoms with Crippen LogP contribution in [0.1, 0.15) is 31.1 Å². The van der Waals surface area contributed by atoms with E-state index in [9.17, 15) is 14.9 Å². The van der Waals surface area contributed by atoms with Crippen LogP contribution in [0.4, 0.5) is 11.5 Å². The van der Waals surface area contributed by atoms with Gasteiger partial charge in [-0.25, -0.2) is 4.68 Å². The number of aromatic nitrogens is 4. The summed E-state index contributed by atoms with van der Waals surface area (Å²) in [5.74, 6) is 0.0773. The second kappa shape index (κ2) is 8.55. The molecule has 3 rings (SSSR count). The monoisotopic (exact) mass is 398 g/mol. The van der Waals surface area contributed by atoms with Crippen LogP contribution in [0.2, 0.25) is 0 Å². The van der Waals surface area contributed by atoms with E-state index in [-0.39, 0.29) is 18.5 Å². The van der Waals surface area contributed by atoms with Gasteiger partial charge in [0, 0.05) is 0 Å². The molecule has 3 aromatic rings. The predicted octanol–water partition coefficient (Wildman–Crippen LogP) is 3.09. The minimum absolute atomic E-state index is 0.196. The van der Waals surface area contributed by atoms with E-state index < -0.39 is 11.0 Å². The van der Waals surface area contributed by atoms with Crippen LogP contribution in [-0.4, -0.2) is 30.4 Å². The first kappa shape index (κ1) is 20.1. The molecule has 0 aliphatic carbocycles. The van der Waals surface area contributed by atoms with Gasteiger partial charge in [0.15, 0.2) is 6.73 Å². The molecule has 0 fully saturated rings. The summed E-state index contributed by atoms with van der Waals surface area (Å²) in [6.07, 6.45) is 4.11. The van der Waals surface area contributed by atoms with Gasteiger partial charge in [0.25, 0.3) is 5.91 Å². The van der Waals surface area contributed by atoms with E-state index in [0.717, 1.165) is 12.2 Å². The first-order valence-electron chi connectivity index (χ1n) is 9.13. The highest BCUT2D eigenvalue weighted by molar-refractivity contribution is 5.93. The number of hydrogen-bond acceptors (Lipinski definition) is 6. The third kappa shape index (κ3) is 4.78. The number of hydrogen-bond donors (Lipinski definition) is 1. The lowest BCUT2D eigenvalue weighted by atomic mass is 10.2. The van der Waals surface area contributed by atoms with Crippen molar-refractivity contribution in [3.05, 3.63) is 64.1 Å². The van der Waals surface area contributed by atoms with Crippen molar-refractivity contribution in [2.75, 3.05) is 5.32 Å². The van der Waals surface area contributed by atoms with Gasteiger partial charge in [-0.1, -0.05) is 19.1 Å². The highest BCUT2D eigenvalue weighted by Crippen LogP contribution is 2.18. The van der Waals surface area contributed by atoms with Crippen molar-refractivity contribution >= 4 is 17.4 Å². The molecule has 10 heteroatoms. The average molecular weight is 398 g/mol. The van der Waals surface area contributed by atoms with Gasteiger partial charge in [-0.05, 0) is 42.9 Å². The van der Waals surface area contributed by atoms with Crippen molar-refractivity contribution in [2.24, 2.45) is 0 Å². The number of aryl methyl sites for hydroxylation is 2. The summed E-state index contributed by atoms with van der Waals surface area (Å²) in [4.78, 5) is 22.7. The SMILES string of the molecule is CCc1ccc(OCn2cc(NC(=O)C(C)n3nc([N+](=O)[O-])cc3C)cn2)cc1. The second-order valence-corrected chi connectivity index (χ2v) is 6.55. The van der Waals surface area contributed by atoms with Crippen molar-refractivity contribution in [2.45, 2.75) is 40.0 Å². The summed E-state index contributed by atoms with van der Waals surface area (Å²) in [5, 5.41) is 21.6. The number of nitro groups is 1. The molecule has 0 saturated carbocycles. The molecule has 152 valence electrons.